The molecule has 2 rings (SSSR count). The molecule has 12 N–H and O–H groups in total. The number of hydrogen-bond donors (Lipinski definition) is 8. The monoisotopic (exact) mass is 561 g/mol. The van der Waals surface area contributed by atoms with Crippen LogP contribution in [0.15, 0.2) is 0 Å². The van der Waals surface area contributed by atoms with Crippen LogP contribution in [-0.2, 0) is 19.0 Å². The number of hydrogen-bond acceptors (Lipinski definition) is 11. The second-order valence-electron chi connectivity index (χ2n) is 11.2. The summed E-state index contributed by atoms with van der Waals surface area (Å²) in [7, 11) is 0. The van der Waals surface area contributed by atoms with Crippen LogP contribution in [0, 0.1) is 0 Å². The number of rotatable bonds is 18. The van der Waals surface area contributed by atoms with E-state index in [1.165, 1.54) is 51.4 Å². The number of amides is 1. The molecule has 0 aromatic carbocycles. The first-order chi connectivity index (χ1) is 18.7. The van der Waals surface area contributed by atoms with Crippen molar-refractivity contribution in [1.29, 1.82) is 0 Å². The highest BCUT2D eigenvalue weighted by Gasteiger charge is 2.48. The van der Waals surface area contributed by atoms with Gasteiger partial charge < -0.3 is 57.8 Å². The molecule has 1 saturated carbocycles. The van der Waals surface area contributed by atoms with Gasteiger partial charge in [-0.25, -0.2) is 0 Å². The summed E-state index contributed by atoms with van der Waals surface area (Å²) in [5.41, 5.74) is 24.0. The normalized spacial score (nSPS) is 35.2. The Hall–Kier alpha value is -0.930. The molecule has 12 heteroatoms. The van der Waals surface area contributed by atoms with Crippen LogP contribution in [0.1, 0.15) is 84.0 Å². The van der Waals surface area contributed by atoms with Crippen LogP contribution >= 0.6 is 0 Å². The van der Waals surface area contributed by atoms with Crippen molar-refractivity contribution in [2.45, 2.75) is 145 Å². The van der Waals surface area contributed by atoms with Crippen LogP contribution in [0.5, 0.6) is 0 Å². The molecule has 12 nitrogen and oxygen atoms in total. The average molecular weight is 562 g/mol. The first-order valence-electron chi connectivity index (χ1n) is 14.9. The van der Waals surface area contributed by atoms with Gasteiger partial charge >= 0.3 is 0 Å². The zero-order valence-corrected chi connectivity index (χ0v) is 23.7. The molecule has 0 aromatic heterocycles. The molecule has 1 heterocycles. The molecule has 1 amide bonds. The Bertz CT molecular complexity index is 676. The molecule has 2 aliphatic rings. The second-order valence-corrected chi connectivity index (χ2v) is 11.2. The van der Waals surface area contributed by atoms with Crippen molar-refractivity contribution in [2.24, 2.45) is 22.9 Å². The molecular formula is C27H55N5O7. The predicted molar refractivity (Wildman–Crippen MR) is 148 cm³/mol. The van der Waals surface area contributed by atoms with Crippen molar-refractivity contribution in [3.8, 4) is 0 Å². The lowest BCUT2D eigenvalue weighted by Crippen LogP contribution is -2.68. The summed E-state index contributed by atoms with van der Waals surface area (Å²) in [5, 5.41) is 34.0. The van der Waals surface area contributed by atoms with Crippen LogP contribution in [0.25, 0.3) is 0 Å². The molecular weight excluding hydrogens is 506 g/mol. The highest BCUT2D eigenvalue weighted by atomic mass is 16.7. The Morgan fingerprint density at radius 3 is 2.03 bits per heavy atom. The van der Waals surface area contributed by atoms with Gasteiger partial charge in [0.05, 0.1) is 12.1 Å². The lowest BCUT2D eigenvalue weighted by molar-refractivity contribution is -0.290. The molecule has 10 atom stereocenters. The van der Waals surface area contributed by atoms with E-state index in [2.05, 4.69) is 12.2 Å². The summed E-state index contributed by atoms with van der Waals surface area (Å²) in [6.07, 6.45) is 6.06. The molecule has 1 saturated heterocycles. The summed E-state index contributed by atoms with van der Waals surface area (Å²) >= 11 is 0. The lowest BCUT2D eigenvalue weighted by atomic mass is 9.84. The predicted octanol–water partition coefficient (Wildman–Crippen LogP) is -0.664. The second kappa shape index (κ2) is 18.5. The summed E-state index contributed by atoms with van der Waals surface area (Å²) in [6.45, 7) is 2.42. The largest absolute Gasteiger partial charge is 0.389 e. The van der Waals surface area contributed by atoms with E-state index in [9.17, 15) is 20.1 Å². The molecule has 0 unspecified atom stereocenters. The van der Waals surface area contributed by atoms with Crippen molar-refractivity contribution < 1.29 is 34.3 Å². The van der Waals surface area contributed by atoms with Gasteiger partial charge in [0.1, 0.15) is 37.1 Å². The van der Waals surface area contributed by atoms with E-state index in [-0.39, 0.29) is 25.5 Å². The number of carbonyl (C=O) groups is 1. The molecule has 0 spiro atoms. The molecule has 2 fully saturated rings. The summed E-state index contributed by atoms with van der Waals surface area (Å²) in [6, 6.07) is -2.41. The summed E-state index contributed by atoms with van der Waals surface area (Å²) < 4.78 is 17.4. The zero-order chi connectivity index (χ0) is 28.8. The van der Waals surface area contributed by atoms with E-state index >= 15 is 0 Å². The number of carbonyl (C=O) groups excluding carboxylic acids is 1. The quantitative estimate of drug-likeness (QED) is 0.0981. The molecule has 0 aromatic rings. The maximum Gasteiger partial charge on any atom is 0.246 e. The van der Waals surface area contributed by atoms with E-state index in [0.29, 0.717) is 6.54 Å². The summed E-state index contributed by atoms with van der Waals surface area (Å²) in [5.74, 6) is -0.312. The van der Waals surface area contributed by atoms with Crippen molar-refractivity contribution in [3.05, 3.63) is 0 Å². The molecule has 1 aliphatic heterocycles. The Labute approximate surface area is 233 Å². The van der Waals surface area contributed by atoms with E-state index in [1.807, 2.05) is 0 Å². The third-order valence-electron chi connectivity index (χ3n) is 7.85. The van der Waals surface area contributed by atoms with Crippen LogP contribution in [0.4, 0.5) is 0 Å². The third kappa shape index (κ3) is 11.1. The number of ether oxygens (including phenoxy) is 3. The number of aliphatic hydroxyl groups is 3. The minimum Gasteiger partial charge on any atom is -0.389 e. The topological polar surface area (TPSA) is 222 Å². The Morgan fingerprint density at radius 2 is 1.44 bits per heavy atom. The highest BCUT2D eigenvalue weighted by molar-refractivity contribution is 5.77. The Kier molecular flexibility index (Phi) is 16.3. The van der Waals surface area contributed by atoms with Crippen molar-refractivity contribution >= 4 is 5.91 Å². The Balaban J connectivity index is 1.73. The van der Waals surface area contributed by atoms with Gasteiger partial charge in [-0.3, -0.25) is 4.79 Å². The molecule has 230 valence electrons. The smallest absolute Gasteiger partial charge is 0.246 e. The molecule has 0 bridgehead atoms. The zero-order valence-electron chi connectivity index (χ0n) is 23.7. The van der Waals surface area contributed by atoms with Crippen molar-refractivity contribution in [1.82, 2.24) is 5.32 Å². The van der Waals surface area contributed by atoms with Gasteiger partial charge in [-0.15, -0.1) is 0 Å². The van der Waals surface area contributed by atoms with Crippen LogP contribution < -0.4 is 28.3 Å². The fourth-order valence-corrected chi connectivity index (χ4v) is 5.31. The van der Waals surface area contributed by atoms with Gasteiger partial charge in [0.25, 0.3) is 0 Å². The maximum atomic E-state index is 12.4. The SMILES string of the molecule is CCCCCCCCCCCCCNC(=O)CO[C@@H]1[C@@H](O)[C@H](N)C[C@H](N)[C@H]1O[C@H]1O[C@H](CN)[C@@H](O)[C@H](O)[C@H]1N. The van der Waals surface area contributed by atoms with E-state index in [4.69, 9.17) is 37.1 Å². The van der Waals surface area contributed by atoms with Gasteiger partial charge in [-0.1, -0.05) is 71.1 Å². The number of nitrogens with one attached hydrogen (secondary N) is 1. The maximum absolute atomic E-state index is 12.4. The third-order valence-corrected chi connectivity index (χ3v) is 7.85. The van der Waals surface area contributed by atoms with Gasteiger partial charge in [0.2, 0.25) is 5.91 Å². The summed E-state index contributed by atoms with van der Waals surface area (Å²) in [4.78, 5) is 12.4. The first-order valence-corrected chi connectivity index (χ1v) is 14.9. The minimum atomic E-state index is -1.33. The van der Waals surface area contributed by atoms with Crippen LogP contribution in [-0.4, -0.2) is 102 Å². The molecule has 1 aliphatic carbocycles. The standard InChI is InChI=1S/C27H55N5O7/c1-2-3-4-5-6-7-8-9-10-11-12-13-32-20(33)16-37-26-22(34)17(29)14-18(30)25(26)39-27-21(31)24(36)23(35)19(15-28)38-27/h17-19,21-27,34-36H,2-16,28-31H2,1H3,(H,32,33)/t17-,18+,19-,21-,22+,23-,24-,25-,26-,27-/m1/s1. The molecule has 39 heavy (non-hydrogen) atoms. The number of nitrogens with two attached hydrogens (primary N) is 4. The number of aliphatic hydroxyl groups excluding tert-OH is 3. The average Bonchev–Trinajstić information content (AvgIpc) is 2.92. The minimum absolute atomic E-state index is 0.0613. The van der Waals surface area contributed by atoms with Gasteiger partial charge in [0.15, 0.2) is 6.29 Å². The fraction of sp³-hybridized carbons (Fsp3) is 0.963. The first kappa shape index (κ1) is 34.3. The van der Waals surface area contributed by atoms with Gasteiger partial charge in [-0.05, 0) is 12.8 Å². The Morgan fingerprint density at radius 1 is 0.846 bits per heavy atom. The van der Waals surface area contributed by atoms with Crippen LogP contribution in [0.2, 0.25) is 0 Å². The van der Waals surface area contributed by atoms with Crippen molar-refractivity contribution in [2.75, 3.05) is 19.7 Å². The highest BCUT2D eigenvalue weighted by Crippen LogP contribution is 2.28. The number of unbranched alkanes of at least 4 members (excludes halogenated alkanes) is 10. The van der Waals surface area contributed by atoms with Crippen LogP contribution in [0.3, 0.4) is 0 Å². The van der Waals surface area contributed by atoms with Gasteiger partial charge in [0, 0.05) is 25.2 Å². The van der Waals surface area contributed by atoms with E-state index in [0.717, 1.165) is 19.3 Å². The van der Waals surface area contributed by atoms with E-state index in [1.54, 1.807) is 0 Å². The fourth-order valence-electron chi connectivity index (χ4n) is 5.31. The lowest BCUT2D eigenvalue weighted by Gasteiger charge is -2.46. The van der Waals surface area contributed by atoms with E-state index < -0.39 is 61.0 Å². The van der Waals surface area contributed by atoms with Crippen molar-refractivity contribution in [3.63, 3.8) is 0 Å². The molecule has 0 radical (unpaired) electrons. The van der Waals surface area contributed by atoms with Gasteiger partial charge in [-0.2, -0.15) is 0 Å².